The van der Waals surface area contributed by atoms with Gasteiger partial charge in [0, 0.05) is 44.7 Å². The SMILES string of the molecule is COc1ccccc1CNC(=O)C(C)N1CCN(C(=O)CC2CCCCC2)CC1. The van der Waals surface area contributed by atoms with Crippen LogP contribution in [0.25, 0.3) is 0 Å². The average Bonchev–Trinajstić information content (AvgIpc) is 2.78. The summed E-state index contributed by atoms with van der Waals surface area (Å²) in [7, 11) is 1.64. The number of amides is 2. The van der Waals surface area contributed by atoms with Gasteiger partial charge in [-0.05, 0) is 31.7 Å². The molecule has 0 radical (unpaired) electrons. The van der Waals surface area contributed by atoms with Gasteiger partial charge in [0.2, 0.25) is 11.8 Å². The highest BCUT2D eigenvalue weighted by atomic mass is 16.5. The van der Waals surface area contributed by atoms with E-state index >= 15 is 0 Å². The molecule has 2 fully saturated rings. The highest BCUT2D eigenvalue weighted by molar-refractivity contribution is 5.81. The monoisotopic (exact) mass is 401 g/mol. The van der Waals surface area contributed by atoms with E-state index in [9.17, 15) is 9.59 Å². The summed E-state index contributed by atoms with van der Waals surface area (Å²) in [6.07, 6.45) is 6.97. The summed E-state index contributed by atoms with van der Waals surface area (Å²) >= 11 is 0. The van der Waals surface area contributed by atoms with Gasteiger partial charge in [-0.25, -0.2) is 0 Å². The standard InChI is InChI=1S/C23H35N3O3/c1-18(23(28)24-17-20-10-6-7-11-21(20)29-2)25-12-14-26(15-13-25)22(27)16-19-8-4-3-5-9-19/h6-7,10-11,18-19H,3-5,8-9,12-17H2,1-2H3,(H,24,28). The average molecular weight is 402 g/mol. The molecule has 1 aliphatic heterocycles. The van der Waals surface area contributed by atoms with Crippen molar-refractivity contribution in [3.63, 3.8) is 0 Å². The second-order valence-electron chi connectivity index (χ2n) is 8.33. The lowest BCUT2D eigenvalue weighted by Gasteiger charge is -2.38. The maximum Gasteiger partial charge on any atom is 0.237 e. The number of nitrogens with zero attached hydrogens (tertiary/aromatic N) is 2. The lowest BCUT2D eigenvalue weighted by atomic mass is 9.86. The second kappa shape index (κ2) is 10.6. The maximum atomic E-state index is 12.6. The highest BCUT2D eigenvalue weighted by Crippen LogP contribution is 2.27. The van der Waals surface area contributed by atoms with Gasteiger partial charge < -0.3 is 15.0 Å². The van der Waals surface area contributed by atoms with Gasteiger partial charge in [0.1, 0.15) is 5.75 Å². The molecule has 2 aliphatic rings. The van der Waals surface area contributed by atoms with Crippen LogP contribution in [0.15, 0.2) is 24.3 Å². The van der Waals surface area contributed by atoms with E-state index in [1.165, 1.54) is 32.1 Å². The number of piperazine rings is 1. The Balaban J connectivity index is 1.42. The van der Waals surface area contributed by atoms with Crippen LogP contribution in [0.1, 0.15) is 51.0 Å². The topological polar surface area (TPSA) is 61.9 Å². The van der Waals surface area contributed by atoms with Crippen molar-refractivity contribution in [1.29, 1.82) is 0 Å². The molecule has 29 heavy (non-hydrogen) atoms. The molecule has 1 saturated heterocycles. The van der Waals surface area contributed by atoms with Crippen LogP contribution < -0.4 is 10.1 Å². The van der Waals surface area contributed by atoms with Crippen LogP contribution in [0, 0.1) is 5.92 Å². The van der Waals surface area contributed by atoms with Crippen molar-refractivity contribution in [2.75, 3.05) is 33.3 Å². The Morgan fingerprint density at radius 3 is 2.48 bits per heavy atom. The van der Waals surface area contributed by atoms with E-state index in [2.05, 4.69) is 10.2 Å². The van der Waals surface area contributed by atoms with E-state index in [0.717, 1.165) is 37.5 Å². The van der Waals surface area contributed by atoms with E-state index in [1.54, 1.807) is 7.11 Å². The number of carbonyl (C=O) groups is 2. The Labute approximate surface area is 174 Å². The first kappa shape index (κ1) is 21.6. The molecule has 1 aromatic carbocycles. The lowest BCUT2D eigenvalue weighted by molar-refractivity contribution is -0.135. The fraction of sp³-hybridized carbons (Fsp3) is 0.652. The molecule has 1 N–H and O–H groups in total. The van der Waals surface area contributed by atoms with Gasteiger partial charge in [-0.15, -0.1) is 0 Å². The summed E-state index contributed by atoms with van der Waals surface area (Å²) in [6.45, 7) is 5.33. The third-order valence-corrected chi connectivity index (χ3v) is 6.43. The Hall–Kier alpha value is -2.08. The molecule has 160 valence electrons. The highest BCUT2D eigenvalue weighted by Gasteiger charge is 2.28. The number of methoxy groups -OCH3 is 1. The molecule has 0 bridgehead atoms. The first-order valence-corrected chi connectivity index (χ1v) is 11.0. The third kappa shape index (κ3) is 5.95. The summed E-state index contributed by atoms with van der Waals surface area (Å²) in [5.41, 5.74) is 0.966. The number of ether oxygens (including phenoxy) is 1. The predicted molar refractivity (Wildman–Crippen MR) is 114 cm³/mol. The molecule has 0 spiro atoms. The molecule has 0 aromatic heterocycles. The fourth-order valence-electron chi connectivity index (χ4n) is 4.47. The molecule has 6 heteroatoms. The van der Waals surface area contributed by atoms with Crippen molar-refractivity contribution >= 4 is 11.8 Å². The molecule has 2 amide bonds. The Bertz CT molecular complexity index is 680. The zero-order valence-corrected chi connectivity index (χ0v) is 17.9. The number of carbonyl (C=O) groups excluding carboxylic acids is 2. The van der Waals surface area contributed by atoms with Gasteiger partial charge in [-0.3, -0.25) is 14.5 Å². The van der Waals surface area contributed by atoms with Crippen LogP contribution in [0.4, 0.5) is 0 Å². The normalized spacial score (nSPS) is 19.6. The van der Waals surface area contributed by atoms with Crippen LogP contribution in [0.2, 0.25) is 0 Å². The summed E-state index contributed by atoms with van der Waals surface area (Å²) in [6, 6.07) is 7.51. The number of hydrogen-bond acceptors (Lipinski definition) is 4. The van der Waals surface area contributed by atoms with Crippen molar-refractivity contribution in [2.24, 2.45) is 5.92 Å². The minimum atomic E-state index is -0.208. The zero-order chi connectivity index (χ0) is 20.6. The van der Waals surface area contributed by atoms with Crippen molar-refractivity contribution < 1.29 is 14.3 Å². The van der Waals surface area contributed by atoms with E-state index in [4.69, 9.17) is 4.74 Å². The molecule has 1 saturated carbocycles. The summed E-state index contributed by atoms with van der Waals surface area (Å²) < 4.78 is 5.34. The van der Waals surface area contributed by atoms with Crippen molar-refractivity contribution in [1.82, 2.24) is 15.1 Å². The lowest BCUT2D eigenvalue weighted by Crippen LogP contribution is -2.55. The first-order valence-electron chi connectivity index (χ1n) is 11.0. The molecule has 1 aromatic rings. The summed E-state index contributed by atoms with van der Waals surface area (Å²) in [5.74, 6) is 1.67. The molecule has 1 heterocycles. The quantitative estimate of drug-likeness (QED) is 0.763. The van der Waals surface area contributed by atoms with Crippen LogP contribution >= 0.6 is 0 Å². The third-order valence-electron chi connectivity index (χ3n) is 6.43. The predicted octanol–water partition coefficient (Wildman–Crippen LogP) is 2.81. The van der Waals surface area contributed by atoms with E-state index < -0.39 is 0 Å². The first-order chi connectivity index (χ1) is 14.1. The Kier molecular flexibility index (Phi) is 7.92. The Morgan fingerprint density at radius 2 is 1.79 bits per heavy atom. The second-order valence-corrected chi connectivity index (χ2v) is 8.33. The number of hydrogen-bond donors (Lipinski definition) is 1. The zero-order valence-electron chi connectivity index (χ0n) is 17.9. The van der Waals surface area contributed by atoms with Gasteiger partial charge in [0.25, 0.3) is 0 Å². The van der Waals surface area contributed by atoms with Gasteiger partial charge in [0.15, 0.2) is 0 Å². The smallest absolute Gasteiger partial charge is 0.237 e. The summed E-state index contributed by atoms with van der Waals surface area (Å²) in [4.78, 5) is 29.4. The molecule has 1 unspecified atom stereocenters. The number of benzene rings is 1. The Morgan fingerprint density at radius 1 is 1.10 bits per heavy atom. The number of nitrogens with one attached hydrogen (secondary N) is 1. The molecule has 1 aliphatic carbocycles. The van der Waals surface area contributed by atoms with E-state index in [-0.39, 0.29) is 11.9 Å². The molecule has 6 nitrogen and oxygen atoms in total. The molecule has 3 rings (SSSR count). The van der Waals surface area contributed by atoms with Gasteiger partial charge in [-0.2, -0.15) is 0 Å². The van der Waals surface area contributed by atoms with E-state index in [0.29, 0.717) is 24.8 Å². The summed E-state index contributed by atoms with van der Waals surface area (Å²) in [5, 5.41) is 3.02. The van der Waals surface area contributed by atoms with Crippen molar-refractivity contribution in [3.8, 4) is 5.75 Å². The molecular weight excluding hydrogens is 366 g/mol. The van der Waals surface area contributed by atoms with Gasteiger partial charge >= 0.3 is 0 Å². The van der Waals surface area contributed by atoms with Gasteiger partial charge in [-0.1, -0.05) is 37.5 Å². The van der Waals surface area contributed by atoms with Crippen LogP contribution in [0.3, 0.4) is 0 Å². The van der Waals surface area contributed by atoms with E-state index in [1.807, 2.05) is 36.1 Å². The fourth-order valence-corrected chi connectivity index (χ4v) is 4.47. The maximum absolute atomic E-state index is 12.6. The minimum absolute atomic E-state index is 0.0119. The van der Waals surface area contributed by atoms with Gasteiger partial charge in [0.05, 0.1) is 13.2 Å². The van der Waals surface area contributed by atoms with Crippen LogP contribution in [-0.4, -0.2) is 60.9 Å². The molecule has 1 atom stereocenters. The van der Waals surface area contributed by atoms with Crippen molar-refractivity contribution in [3.05, 3.63) is 29.8 Å². The minimum Gasteiger partial charge on any atom is -0.496 e. The molecular formula is C23H35N3O3. The van der Waals surface area contributed by atoms with Crippen LogP contribution in [-0.2, 0) is 16.1 Å². The number of rotatable bonds is 7. The number of para-hydroxylation sites is 1. The van der Waals surface area contributed by atoms with Crippen LogP contribution in [0.5, 0.6) is 5.75 Å². The largest absolute Gasteiger partial charge is 0.496 e. The van der Waals surface area contributed by atoms with Crippen molar-refractivity contribution in [2.45, 2.75) is 58.0 Å².